The summed E-state index contributed by atoms with van der Waals surface area (Å²) in [6, 6.07) is 9.96. The zero-order valence-corrected chi connectivity index (χ0v) is 15.7. The zero-order chi connectivity index (χ0) is 18.8. The number of rotatable bonds is 4. The molecular formula is C21H24N4O2. The maximum Gasteiger partial charge on any atom is 0.227 e. The molecule has 27 heavy (non-hydrogen) atoms. The van der Waals surface area contributed by atoms with Gasteiger partial charge in [0.25, 0.3) is 0 Å². The van der Waals surface area contributed by atoms with E-state index < -0.39 is 0 Å². The van der Waals surface area contributed by atoms with Crippen LogP contribution in [0.15, 0.2) is 41.1 Å². The van der Waals surface area contributed by atoms with E-state index in [4.69, 9.17) is 4.52 Å². The average molecular weight is 364 g/mol. The molecule has 0 bridgehead atoms. The van der Waals surface area contributed by atoms with Gasteiger partial charge in [0.2, 0.25) is 5.91 Å². The Morgan fingerprint density at radius 2 is 2.15 bits per heavy atom. The molecule has 6 nitrogen and oxygen atoms in total. The second-order valence-electron chi connectivity index (χ2n) is 7.23. The Kier molecular flexibility index (Phi) is 4.79. The van der Waals surface area contributed by atoms with Crippen LogP contribution in [0.1, 0.15) is 47.8 Å². The molecule has 3 heterocycles. The van der Waals surface area contributed by atoms with Crippen molar-refractivity contribution in [3.63, 3.8) is 0 Å². The third-order valence-corrected chi connectivity index (χ3v) is 5.32. The number of piperidine rings is 1. The van der Waals surface area contributed by atoms with E-state index >= 15 is 0 Å². The van der Waals surface area contributed by atoms with Crippen LogP contribution in [0, 0.1) is 13.8 Å². The van der Waals surface area contributed by atoms with Gasteiger partial charge in [0, 0.05) is 12.6 Å². The lowest BCUT2D eigenvalue weighted by Crippen LogP contribution is -2.39. The number of H-pyrrole nitrogens is 1. The van der Waals surface area contributed by atoms with E-state index in [1.54, 1.807) is 6.20 Å². The van der Waals surface area contributed by atoms with Crippen LogP contribution in [0.25, 0.3) is 11.3 Å². The molecule has 6 heteroatoms. The fourth-order valence-corrected chi connectivity index (χ4v) is 3.84. The van der Waals surface area contributed by atoms with E-state index in [0.29, 0.717) is 12.2 Å². The third-order valence-electron chi connectivity index (χ3n) is 5.32. The highest BCUT2D eigenvalue weighted by atomic mass is 16.5. The predicted octanol–water partition coefficient (Wildman–Crippen LogP) is 3.98. The van der Waals surface area contributed by atoms with Gasteiger partial charge in [0.1, 0.15) is 0 Å². The fourth-order valence-electron chi connectivity index (χ4n) is 3.84. The number of carbonyl (C=O) groups excluding carboxylic acids is 1. The summed E-state index contributed by atoms with van der Waals surface area (Å²) in [6.45, 7) is 4.71. The van der Waals surface area contributed by atoms with Crippen molar-refractivity contribution in [2.24, 2.45) is 0 Å². The lowest BCUT2D eigenvalue weighted by Gasteiger charge is -2.35. The maximum absolute atomic E-state index is 13.1. The molecule has 0 unspecified atom stereocenters. The van der Waals surface area contributed by atoms with Crippen molar-refractivity contribution < 1.29 is 9.32 Å². The first-order valence-electron chi connectivity index (χ1n) is 9.44. The van der Waals surface area contributed by atoms with E-state index in [0.717, 1.165) is 53.9 Å². The minimum Gasteiger partial charge on any atom is -0.356 e. The monoisotopic (exact) mass is 364 g/mol. The van der Waals surface area contributed by atoms with Crippen molar-refractivity contribution in [1.29, 1.82) is 0 Å². The number of carbonyl (C=O) groups is 1. The maximum atomic E-state index is 13.1. The molecule has 0 aliphatic carbocycles. The van der Waals surface area contributed by atoms with Crippen molar-refractivity contribution in [2.45, 2.75) is 45.6 Å². The number of nitrogens with zero attached hydrogens (tertiary/aromatic N) is 3. The Labute approximate surface area is 158 Å². The van der Waals surface area contributed by atoms with Crippen LogP contribution >= 0.6 is 0 Å². The SMILES string of the molecule is Cc1cc(-c2cn[nH]c2[C@H]2CCCCN2C(=O)Cc2ccccc2C)on1. The van der Waals surface area contributed by atoms with E-state index in [2.05, 4.69) is 28.3 Å². The van der Waals surface area contributed by atoms with Crippen molar-refractivity contribution in [3.8, 4) is 11.3 Å². The molecule has 1 N–H and O–H groups in total. The second-order valence-corrected chi connectivity index (χ2v) is 7.23. The Morgan fingerprint density at radius 3 is 2.93 bits per heavy atom. The predicted molar refractivity (Wildman–Crippen MR) is 102 cm³/mol. The molecule has 3 aromatic rings. The van der Waals surface area contributed by atoms with Crippen molar-refractivity contribution in [1.82, 2.24) is 20.3 Å². The molecule has 1 amide bonds. The first-order valence-corrected chi connectivity index (χ1v) is 9.44. The van der Waals surface area contributed by atoms with Crippen LogP contribution in [0.5, 0.6) is 0 Å². The van der Waals surface area contributed by atoms with E-state index in [-0.39, 0.29) is 11.9 Å². The molecule has 1 aliphatic rings. The molecule has 1 fully saturated rings. The number of aryl methyl sites for hydroxylation is 2. The molecule has 140 valence electrons. The van der Waals surface area contributed by atoms with Gasteiger partial charge >= 0.3 is 0 Å². The highest BCUT2D eigenvalue weighted by Gasteiger charge is 2.31. The quantitative estimate of drug-likeness (QED) is 0.760. The highest BCUT2D eigenvalue weighted by molar-refractivity contribution is 5.80. The molecule has 1 atom stereocenters. The Bertz CT molecular complexity index is 943. The molecule has 4 rings (SSSR count). The van der Waals surface area contributed by atoms with Crippen molar-refractivity contribution in [2.75, 3.05) is 6.54 Å². The number of aromatic amines is 1. The Morgan fingerprint density at radius 1 is 1.30 bits per heavy atom. The smallest absolute Gasteiger partial charge is 0.227 e. The molecule has 0 saturated carbocycles. The van der Waals surface area contributed by atoms with E-state index in [9.17, 15) is 4.79 Å². The number of hydrogen-bond donors (Lipinski definition) is 1. The lowest BCUT2D eigenvalue weighted by atomic mass is 9.95. The van der Waals surface area contributed by atoms with Crippen LogP contribution in [-0.4, -0.2) is 32.7 Å². The van der Waals surface area contributed by atoms with E-state index in [1.165, 1.54) is 0 Å². The van der Waals surface area contributed by atoms with Crippen LogP contribution in [0.4, 0.5) is 0 Å². The first-order chi connectivity index (χ1) is 13.1. The van der Waals surface area contributed by atoms with Gasteiger partial charge in [-0.2, -0.15) is 5.10 Å². The standard InChI is InChI=1S/C21H24N4O2/c1-14-7-3-4-8-16(14)12-20(26)25-10-6-5-9-18(25)21-17(13-22-23-21)19-11-15(2)24-27-19/h3-4,7-8,11,13,18H,5-6,9-10,12H2,1-2H3,(H,22,23)/t18-/m1/s1. The topological polar surface area (TPSA) is 75.0 Å². The average Bonchev–Trinajstić information content (AvgIpc) is 3.32. The largest absolute Gasteiger partial charge is 0.356 e. The fraction of sp³-hybridized carbons (Fsp3) is 0.381. The summed E-state index contributed by atoms with van der Waals surface area (Å²) in [5.41, 5.74) is 4.88. The first kappa shape index (κ1) is 17.5. The number of nitrogens with one attached hydrogen (secondary N) is 1. The molecule has 0 spiro atoms. The summed E-state index contributed by atoms with van der Waals surface area (Å²) in [4.78, 5) is 15.1. The van der Waals surface area contributed by atoms with Gasteiger partial charge < -0.3 is 9.42 Å². The number of aromatic nitrogens is 3. The summed E-state index contributed by atoms with van der Waals surface area (Å²) < 4.78 is 5.43. The second kappa shape index (κ2) is 7.39. The molecule has 1 aromatic carbocycles. The van der Waals surface area contributed by atoms with Crippen LogP contribution in [0.3, 0.4) is 0 Å². The molecular weight excluding hydrogens is 340 g/mol. The van der Waals surface area contributed by atoms with E-state index in [1.807, 2.05) is 36.1 Å². The van der Waals surface area contributed by atoms with Gasteiger partial charge in [-0.1, -0.05) is 29.4 Å². The number of hydrogen-bond acceptors (Lipinski definition) is 4. The van der Waals surface area contributed by atoms with Crippen molar-refractivity contribution in [3.05, 3.63) is 59.0 Å². The normalized spacial score (nSPS) is 17.3. The van der Waals surface area contributed by atoms with Crippen molar-refractivity contribution >= 4 is 5.91 Å². The van der Waals surface area contributed by atoms with Gasteiger partial charge in [-0.15, -0.1) is 0 Å². The molecule has 1 saturated heterocycles. The summed E-state index contributed by atoms with van der Waals surface area (Å²) in [5, 5.41) is 11.3. The number of benzene rings is 1. The zero-order valence-electron chi connectivity index (χ0n) is 15.7. The summed E-state index contributed by atoms with van der Waals surface area (Å²) in [5.74, 6) is 0.844. The molecule has 2 aromatic heterocycles. The summed E-state index contributed by atoms with van der Waals surface area (Å²) in [6.07, 6.45) is 5.22. The van der Waals surface area contributed by atoms with Gasteiger partial charge in [-0.3, -0.25) is 9.89 Å². The van der Waals surface area contributed by atoms with Gasteiger partial charge in [0.05, 0.1) is 35.6 Å². The number of likely N-dealkylation sites (tertiary alicyclic amines) is 1. The van der Waals surface area contributed by atoms with Crippen LogP contribution < -0.4 is 0 Å². The lowest BCUT2D eigenvalue weighted by molar-refractivity contribution is -0.134. The highest BCUT2D eigenvalue weighted by Crippen LogP contribution is 2.36. The number of amides is 1. The molecule has 0 radical (unpaired) electrons. The van der Waals surface area contributed by atoms with Gasteiger partial charge in [-0.05, 0) is 44.2 Å². The van der Waals surface area contributed by atoms with Gasteiger partial charge in [-0.25, -0.2) is 0 Å². The Balaban J connectivity index is 1.61. The minimum atomic E-state index is -0.0156. The third kappa shape index (κ3) is 3.52. The van der Waals surface area contributed by atoms with Gasteiger partial charge in [0.15, 0.2) is 5.76 Å². The van der Waals surface area contributed by atoms with Crippen LogP contribution in [0.2, 0.25) is 0 Å². The summed E-state index contributed by atoms with van der Waals surface area (Å²) >= 11 is 0. The summed E-state index contributed by atoms with van der Waals surface area (Å²) in [7, 11) is 0. The minimum absolute atomic E-state index is 0.0156. The van der Waals surface area contributed by atoms with Crippen LogP contribution in [-0.2, 0) is 11.2 Å². The molecule has 1 aliphatic heterocycles. The Hall–Kier alpha value is -2.89.